The molecule has 0 radical (unpaired) electrons. The molecule has 0 N–H and O–H groups in total. The highest BCUT2D eigenvalue weighted by Crippen LogP contribution is 2.26. The number of likely N-dealkylation sites (tertiary alicyclic amines) is 1. The van der Waals surface area contributed by atoms with Crippen LogP contribution in [-0.4, -0.2) is 59.7 Å². The van der Waals surface area contributed by atoms with Crippen molar-refractivity contribution in [2.24, 2.45) is 0 Å². The second-order valence-electron chi connectivity index (χ2n) is 8.86. The third-order valence-electron chi connectivity index (χ3n) is 6.21. The van der Waals surface area contributed by atoms with Crippen LogP contribution < -0.4 is 15.0 Å². The van der Waals surface area contributed by atoms with Gasteiger partial charge in [-0.15, -0.1) is 0 Å². The van der Waals surface area contributed by atoms with E-state index in [9.17, 15) is 9.59 Å². The van der Waals surface area contributed by atoms with E-state index in [-0.39, 0.29) is 17.6 Å². The Bertz CT molecular complexity index is 1010. The smallest absolute Gasteiger partial charge is 0.259 e. The van der Waals surface area contributed by atoms with E-state index in [1.807, 2.05) is 30.9 Å². The summed E-state index contributed by atoms with van der Waals surface area (Å²) in [7, 11) is 1.53. The third-order valence-corrected chi connectivity index (χ3v) is 6.21. The van der Waals surface area contributed by atoms with Gasteiger partial charge in [-0.05, 0) is 44.4 Å². The fraction of sp³-hybridized carbons (Fsp3) is 0.520. The lowest BCUT2D eigenvalue weighted by Gasteiger charge is -2.21. The van der Waals surface area contributed by atoms with Crippen molar-refractivity contribution in [3.05, 3.63) is 57.5 Å². The maximum atomic E-state index is 13.3. The van der Waals surface area contributed by atoms with Crippen molar-refractivity contribution in [1.82, 2.24) is 14.4 Å². The van der Waals surface area contributed by atoms with Gasteiger partial charge in [-0.2, -0.15) is 0 Å². The number of hydrogen-bond acceptors (Lipinski definition) is 5. The lowest BCUT2D eigenvalue weighted by molar-refractivity contribution is 0.0787. The molecule has 0 spiro atoms. The van der Waals surface area contributed by atoms with Gasteiger partial charge in [0.15, 0.2) is 0 Å². The molecule has 2 aliphatic rings. The van der Waals surface area contributed by atoms with Crippen LogP contribution in [0.5, 0.6) is 11.5 Å². The maximum Gasteiger partial charge on any atom is 0.259 e. The van der Waals surface area contributed by atoms with E-state index < -0.39 is 0 Å². The number of carbonyl (C=O) groups excluding carboxylic acids is 1. The zero-order chi connectivity index (χ0) is 22.7. The topological polar surface area (TPSA) is 64.0 Å². The van der Waals surface area contributed by atoms with Crippen LogP contribution in [0.25, 0.3) is 0 Å². The van der Waals surface area contributed by atoms with E-state index in [1.165, 1.54) is 18.7 Å². The zero-order valence-corrected chi connectivity index (χ0v) is 19.3. The minimum Gasteiger partial charge on any atom is -0.496 e. The first-order valence-corrected chi connectivity index (χ1v) is 11.5. The van der Waals surface area contributed by atoms with Gasteiger partial charge >= 0.3 is 0 Å². The van der Waals surface area contributed by atoms with E-state index in [4.69, 9.17) is 9.47 Å². The Balaban J connectivity index is 1.54. The second kappa shape index (κ2) is 9.77. The number of carbonyl (C=O) groups is 1. The molecule has 32 heavy (non-hydrogen) atoms. The van der Waals surface area contributed by atoms with Crippen molar-refractivity contribution in [2.75, 3.05) is 33.3 Å². The number of aromatic nitrogens is 1. The Morgan fingerprint density at radius 3 is 2.41 bits per heavy atom. The number of benzene rings is 1. The molecule has 1 amide bonds. The van der Waals surface area contributed by atoms with Crippen molar-refractivity contribution in [2.45, 2.75) is 52.3 Å². The molecule has 0 bridgehead atoms. The highest BCUT2D eigenvalue weighted by molar-refractivity contribution is 5.98. The van der Waals surface area contributed by atoms with Crippen molar-refractivity contribution in [1.29, 1.82) is 0 Å². The third kappa shape index (κ3) is 4.83. The fourth-order valence-electron chi connectivity index (χ4n) is 4.62. The molecular weight excluding hydrogens is 406 g/mol. The molecule has 3 heterocycles. The first-order chi connectivity index (χ1) is 15.5. The highest BCUT2D eigenvalue weighted by Gasteiger charge is 2.29. The van der Waals surface area contributed by atoms with E-state index in [0.29, 0.717) is 24.3 Å². The van der Waals surface area contributed by atoms with Gasteiger partial charge in [0.25, 0.3) is 11.5 Å². The highest BCUT2D eigenvalue weighted by atomic mass is 16.5. The summed E-state index contributed by atoms with van der Waals surface area (Å²) in [5.41, 5.74) is 2.46. The van der Waals surface area contributed by atoms with Crippen LogP contribution in [0.4, 0.5) is 0 Å². The first-order valence-electron chi connectivity index (χ1n) is 11.5. The van der Waals surface area contributed by atoms with Gasteiger partial charge < -0.3 is 18.9 Å². The SMILES string of the molecule is COc1cc(=O)n2c(c1C(=O)N1CCCC1)CCN(Cc1ccc(OC(C)C)cc1)CC2. The molecule has 1 fully saturated rings. The Kier molecular flexibility index (Phi) is 6.84. The summed E-state index contributed by atoms with van der Waals surface area (Å²) < 4.78 is 13.0. The second-order valence-corrected chi connectivity index (χ2v) is 8.86. The van der Waals surface area contributed by atoms with Crippen molar-refractivity contribution >= 4 is 5.91 Å². The van der Waals surface area contributed by atoms with Crippen LogP contribution in [0.3, 0.4) is 0 Å². The summed E-state index contributed by atoms with van der Waals surface area (Å²) >= 11 is 0. The van der Waals surface area contributed by atoms with E-state index in [2.05, 4.69) is 17.0 Å². The lowest BCUT2D eigenvalue weighted by Crippen LogP contribution is -2.33. The van der Waals surface area contributed by atoms with Gasteiger partial charge in [-0.1, -0.05) is 12.1 Å². The van der Waals surface area contributed by atoms with E-state index in [1.54, 1.807) is 4.57 Å². The van der Waals surface area contributed by atoms with Gasteiger partial charge in [0.05, 0.1) is 13.2 Å². The predicted molar refractivity (Wildman–Crippen MR) is 124 cm³/mol. The standard InChI is InChI=1S/C25H33N3O4/c1-18(2)32-20-8-6-19(7-9-20)17-26-13-10-21-24(25(30)27-11-4-5-12-27)22(31-3)16-23(29)28(21)15-14-26/h6-9,16,18H,4-5,10-15,17H2,1-3H3. The maximum absolute atomic E-state index is 13.3. The van der Waals surface area contributed by atoms with E-state index >= 15 is 0 Å². The van der Waals surface area contributed by atoms with Crippen molar-refractivity contribution in [3.8, 4) is 11.5 Å². The van der Waals surface area contributed by atoms with Crippen LogP contribution in [0.15, 0.2) is 35.1 Å². The Labute approximate surface area is 189 Å². The first kappa shape index (κ1) is 22.4. The van der Waals surface area contributed by atoms with Crippen molar-refractivity contribution < 1.29 is 14.3 Å². The molecule has 0 saturated carbocycles. The molecule has 2 aliphatic heterocycles. The largest absolute Gasteiger partial charge is 0.496 e. The molecule has 1 aromatic heterocycles. The summed E-state index contributed by atoms with van der Waals surface area (Å²) in [6.45, 7) is 8.44. The summed E-state index contributed by atoms with van der Waals surface area (Å²) in [5.74, 6) is 1.25. The Morgan fingerprint density at radius 2 is 1.75 bits per heavy atom. The molecule has 172 valence electrons. The number of ether oxygens (including phenoxy) is 2. The number of fused-ring (bicyclic) bond motifs is 1. The monoisotopic (exact) mass is 439 g/mol. The number of rotatable bonds is 6. The molecule has 2 aromatic rings. The van der Waals surface area contributed by atoms with Crippen molar-refractivity contribution in [3.63, 3.8) is 0 Å². The molecule has 7 nitrogen and oxygen atoms in total. The van der Waals surface area contributed by atoms with Crippen LogP contribution in [-0.2, 0) is 19.5 Å². The average molecular weight is 440 g/mol. The van der Waals surface area contributed by atoms with Gasteiger partial charge in [-0.3, -0.25) is 14.5 Å². The van der Waals surface area contributed by atoms with Gasteiger partial charge in [-0.25, -0.2) is 0 Å². The van der Waals surface area contributed by atoms with E-state index in [0.717, 1.165) is 57.0 Å². The van der Waals surface area contributed by atoms with Crippen LogP contribution in [0, 0.1) is 0 Å². The minimum absolute atomic E-state index is 0.0164. The number of amides is 1. The average Bonchev–Trinajstić information content (AvgIpc) is 3.23. The Hall–Kier alpha value is -2.80. The number of pyridine rings is 1. The normalized spacial score (nSPS) is 16.7. The number of nitrogens with zero attached hydrogens (tertiary/aromatic N) is 3. The summed E-state index contributed by atoms with van der Waals surface area (Å²) in [5, 5.41) is 0. The fourth-order valence-corrected chi connectivity index (χ4v) is 4.62. The molecule has 0 unspecified atom stereocenters. The summed E-state index contributed by atoms with van der Waals surface area (Å²) in [4.78, 5) is 30.3. The van der Waals surface area contributed by atoms with Crippen LogP contribution in [0.1, 0.15) is 48.3 Å². The molecule has 1 aromatic carbocycles. The van der Waals surface area contributed by atoms with Gasteiger partial charge in [0, 0.05) is 57.4 Å². The van der Waals surface area contributed by atoms with Crippen LogP contribution in [0.2, 0.25) is 0 Å². The molecule has 0 atom stereocenters. The molecular formula is C25H33N3O4. The summed E-state index contributed by atoms with van der Waals surface area (Å²) in [6, 6.07) is 9.66. The lowest BCUT2D eigenvalue weighted by atomic mass is 10.1. The minimum atomic E-state index is -0.105. The summed E-state index contributed by atoms with van der Waals surface area (Å²) in [6.07, 6.45) is 2.84. The molecule has 7 heteroatoms. The number of hydrogen-bond donors (Lipinski definition) is 0. The van der Waals surface area contributed by atoms with Crippen LogP contribution >= 0.6 is 0 Å². The predicted octanol–water partition coefficient (Wildman–Crippen LogP) is 2.94. The molecule has 4 rings (SSSR count). The molecule has 1 saturated heterocycles. The quantitative estimate of drug-likeness (QED) is 0.693. The molecule has 0 aliphatic carbocycles. The van der Waals surface area contributed by atoms with Gasteiger partial charge in [0.1, 0.15) is 17.1 Å². The van der Waals surface area contributed by atoms with Gasteiger partial charge in [0.2, 0.25) is 0 Å². The number of methoxy groups -OCH3 is 1. The zero-order valence-electron chi connectivity index (χ0n) is 19.3. The Morgan fingerprint density at radius 1 is 1.03 bits per heavy atom.